The molecular weight excluding hydrogens is 528 g/mol. The van der Waals surface area contributed by atoms with E-state index in [1.165, 1.54) is 11.3 Å². The molecule has 2 aromatic heterocycles. The lowest BCUT2D eigenvalue weighted by Crippen LogP contribution is -2.40. The zero-order valence-corrected chi connectivity index (χ0v) is 23.8. The van der Waals surface area contributed by atoms with E-state index in [1.54, 1.807) is 22.3 Å². The molecule has 3 amide bonds. The van der Waals surface area contributed by atoms with Crippen LogP contribution >= 0.6 is 11.3 Å². The quantitative estimate of drug-likeness (QED) is 0.327. The number of thiazole rings is 1. The van der Waals surface area contributed by atoms with Gasteiger partial charge in [0.2, 0.25) is 0 Å². The van der Waals surface area contributed by atoms with E-state index in [1.807, 2.05) is 60.9 Å². The lowest BCUT2D eigenvalue weighted by molar-refractivity contribution is 0.0689. The van der Waals surface area contributed by atoms with Gasteiger partial charge in [0.05, 0.1) is 24.2 Å². The van der Waals surface area contributed by atoms with Crippen LogP contribution in [0, 0.1) is 13.8 Å². The van der Waals surface area contributed by atoms with Gasteiger partial charge in [0.25, 0.3) is 5.91 Å². The van der Waals surface area contributed by atoms with Gasteiger partial charge < -0.3 is 24.8 Å². The molecule has 0 atom stereocenters. The number of aromatic nitrogens is 3. The van der Waals surface area contributed by atoms with E-state index in [-0.39, 0.29) is 30.2 Å². The van der Waals surface area contributed by atoms with Gasteiger partial charge in [-0.3, -0.25) is 9.36 Å². The molecule has 3 heterocycles. The predicted octanol–water partition coefficient (Wildman–Crippen LogP) is 4.56. The third kappa shape index (κ3) is 5.80. The van der Waals surface area contributed by atoms with Crippen LogP contribution in [-0.4, -0.2) is 69.6 Å². The molecule has 1 aliphatic rings. The topological polar surface area (TPSA) is 113 Å². The van der Waals surface area contributed by atoms with Crippen LogP contribution in [0.5, 0.6) is 0 Å². The van der Waals surface area contributed by atoms with Crippen LogP contribution in [0.15, 0.2) is 52.6 Å². The van der Waals surface area contributed by atoms with Gasteiger partial charge >= 0.3 is 11.7 Å². The summed E-state index contributed by atoms with van der Waals surface area (Å²) >= 11 is 1.36. The second-order valence-electron chi connectivity index (χ2n) is 10.1. The Balaban J connectivity index is 1.23. The highest BCUT2D eigenvalue weighted by atomic mass is 32.1. The van der Waals surface area contributed by atoms with Crippen molar-refractivity contribution in [1.82, 2.24) is 24.3 Å². The number of aryl methyl sites for hydroxylation is 2. The fourth-order valence-corrected chi connectivity index (χ4v) is 6.01. The van der Waals surface area contributed by atoms with Crippen molar-refractivity contribution in [3.8, 4) is 0 Å². The molecular formula is C29H34N6O4S. The third-order valence-corrected chi connectivity index (χ3v) is 8.24. The SMILES string of the molecule is COCCN(Cc1nc(C(=O)N2CCC(n3c(=O)[nH]c4ccccc43)CC2)cs1)C(=O)Nc1c(C)cccc1C. The molecule has 210 valence electrons. The average Bonchev–Trinajstić information content (AvgIpc) is 3.56. The maximum atomic E-state index is 13.3. The Hall–Kier alpha value is -3.96. The molecule has 0 saturated carbocycles. The number of carbonyl (C=O) groups excluding carboxylic acids is 2. The highest BCUT2D eigenvalue weighted by Gasteiger charge is 2.28. The number of methoxy groups -OCH3 is 1. The molecule has 5 rings (SSSR count). The van der Waals surface area contributed by atoms with Crippen molar-refractivity contribution >= 4 is 40.0 Å². The fraction of sp³-hybridized carbons (Fsp3) is 0.379. The minimum atomic E-state index is -0.243. The second kappa shape index (κ2) is 12.1. The van der Waals surface area contributed by atoms with E-state index >= 15 is 0 Å². The highest BCUT2D eigenvalue weighted by Crippen LogP contribution is 2.26. The number of amides is 3. The molecule has 0 spiro atoms. The molecule has 1 fully saturated rings. The van der Waals surface area contributed by atoms with Gasteiger partial charge in [-0.15, -0.1) is 11.3 Å². The summed E-state index contributed by atoms with van der Waals surface area (Å²) in [6.45, 7) is 6.04. The van der Waals surface area contributed by atoms with Gasteiger partial charge in [-0.05, 0) is 49.9 Å². The number of rotatable bonds is 8. The Kier molecular flexibility index (Phi) is 8.32. The van der Waals surface area contributed by atoms with E-state index < -0.39 is 0 Å². The van der Waals surface area contributed by atoms with E-state index in [4.69, 9.17) is 4.74 Å². The summed E-state index contributed by atoms with van der Waals surface area (Å²) in [4.78, 5) is 50.0. The number of H-pyrrole nitrogens is 1. The van der Waals surface area contributed by atoms with Gasteiger partial charge in [-0.25, -0.2) is 14.6 Å². The van der Waals surface area contributed by atoms with Gasteiger partial charge in [0, 0.05) is 43.9 Å². The monoisotopic (exact) mass is 562 g/mol. The van der Waals surface area contributed by atoms with Crippen LogP contribution in [0.2, 0.25) is 0 Å². The van der Waals surface area contributed by atoms with Crippen LogP contribution in [0.25, 0.3) is 11.0 Å². The zero-order valence-electron chi connectivity index (χ0n) is 23.0. The molecule has 2 N–H and O–H groups in total. The Labute approximate surface area is 236 Å². The first kappa shape index (κ1) is 27.6. The number of piperidine rings is 1. The van der Waals surface area contributed by atoms with Crippen LogP contribution < -0.4 is 11.0 Å². The van der Waals surface area contributed by atoms with Crippen LogP contribution in [-0.2, 0) is 11.3 Å². The van der Waals surface area contributed by atoms with Crippen LogP contribution in [0.4, 0.5) is 10.5 Å². The minimum absolute atomic E-state index is 0.0310. The molecule has 11 heteroatoms. The number of urea groups is 1. The first-order valence-electron chi connectivity index (χ1n) is 13.4. The van der Waals surface area contributed by atoms with Gasteiger partial charge in [0.15, 0.2) is 0 Å². The molecule has 40 heavy (non-hydrogen) atoms. The highest BCUT2D eigenvalue weighted by molar-refractivity contribution is 7.09. The molecule has 0 bridgehead atoms. The van der Waals surface area contributed by atoms with Crippen molar-refractivity contribution in [3.63, 3.8) is 0 Å². The van der Waals surface area contributed by atoms with E-state index in [2.05, 4.69) is 15.3 Å². The number of hydrogen-bond donors (Lipinski definition) is 2. The fourth-order valence-electron chi connectivity index (χ4n) is 5.22. The summed E-state index contributed by atoms with van der Waals surface area (Å²) in [5, 5.41) is 5.46. The molecule has 0 unspecified atom stereocenters. The Morgan fingerprint density at radius 2 is 1.85 bits per heavy atom. The summed E-state index contributed by atoms with van der Waals surface area (Å²) in [6, 6.07) is 13.3. The van der Waals surface area contributed by atoms with E-state index in [0.29, 0.717) is 49.8 Å². The lowest BCUT2D eigenvalue weighted by atomic mass is 10.0. The van der Waals surface area contributed by atoms with E-state index in [9.17, 15) is 14.4 Å². The summed E-state index contributed by atoms with van der Waals surface area (Å²) in [6.07, 6.45) is 1.38. The summed E-state index contributed by atoms with van der Waals surface area (Å²) in [7, 11) is 1.60. The van der Waals surface area contributed by atoms with Gasteiger partial charge in [-0.1, -0.05) is 30.3 Å². The molecule has 4 aromatic rings. The lowest BCUT2D eigenvalue weighted by Gasteiger charge is -2.32. The second-order valence-corrected chi connectivity index (χ2v) is 11.0. The molecule has 10 nitrogen and oxygen atoms in total. The zero-order chi connectivity index (χ0) is 28.2. The standard InChI is InChI=1S/C29H34N6O4S/c1-19-7-6-8-20(2)26(19)32-28(37)34(15-16-39-3)17-25-30-23(18-40-25)27(36)33-13-11-21(12-14-33)35-24-10-5-4-9-22(24)31-29(35)38/h4-10,18,21H,11-17H2,1-3H3,(H,31,38)(H,32,37). The van der Waals surface area contributed by atoms with Crippen molar-refractivity contribution in [2.45, 2.75) is 39.3 Å². The third-order valence-electron chi connectivity index (χ3n) is 7.40. The predicted molar refractivity (Wildman–Crippen MR) is 156 cm³/mol. The van der Waals surface area contributed by atoms with Crippen molar-refractivity contribution in [2.75, 3.05) is 38.7 Å². The normalized spacial score (nSPS) is 14.0. The van der Waals surface area contributed by atoms with Crippen molar-refractivity contribution < 1.29 is 14.3 Å². The molecule has 0 aliphatic carbocycles. The summed E-state index contributed by atoms with van der Waals surface area (Å²) < 4.78 is 7.04. The number of benzene rings is 2. The number of anilines is 1. The van der Waals surface area contributed by atoms with Crippen molar-refractivity contribution in [2.24, 2.45) is 0 Å². The Bertz CT molecular complexity index is 1550. The number of ether oxygens (including phenoxy) is 1. The van der Waals surface area contributed by atoms with Crippen LogP contribution in [0.3, 0.4) is 0 Å². The number of likely N-dealkylation sites (tertiary alicyclic amines) is 1. The molecule has 1 aliphatic heterocycles. The first-order valence-corrected chi connectivity index (χ1v) is 14.3. The molecule has 2 aromatic carbocycles. The number of imidazole rings is 1. The number of nitrogens with zero attached hydrogens (tertiary/aromatic N) is 4. The average molecular weight is 563 g/mol. The number of para-hydroxylation sites is 3. The van der Waals surface area contributed by atoms with E-state index in [0.717, 1.165) is 27.8 Å². The number of carbonyl (C=O) groups is 2. The number of aromatic amines is 1. The molecule has 1 saturated heterocycles. The van der Waals surface area contributed by atoms with Crippen molar-refractivity contribution in [3.05, 3.63) is 80.2 Å². The maximum Gasteiger partial charge on any atom is 0.326 e. The van der Waals surface area contributed by atoms with Crippen molar-refractivity contribution in [1.29, 1.82) is 0 Å². The Morgan fingerprint density at radius 1 is 1.12 bits per heavy atom. The maximum absolute atomic E-state index is 13.3. The number of nitrogens with one attached hydrogen (secondary N) is 2. The number of hydrogen-bond acceptors (Lipinski definition) is 6. The summed E-state index contributed by atoms with van der Waals surface area (Å²) in [5.74, 6) is -0.129. The molecule has 0 radical (unpaired) electrons. The van der Waals surface area contributed by atoms with Gasteiger partial charge in [-0.2, -0.15) is 0 Å². The van der Waals surface area contributed by atoms with Crippen LogP contribution in [0.1, 0.15) is 45.5 Å². The largest absolute Gasteiger partial charge is 0.383 e. The Morgan fingerprint density at radius 3 is 2.58 bits per heavy atom. The number of fused-ring (bicyclic) bond motifs is 1. The minimum Gasteiger partial charge on any atom is -0.383 e. The van der Waals surface area contributed by atoms with Gasteiger partial charge in [0.1, 0.15) is 10.7 Å². The summed E-state index contributed by atoms with van der Waals surface area (Å²) in [5.41, 5.74) is 4.74. The smallest absolute Gasteiger partial charge is 0.326 e. The first-order chi connectivity index (χ1) is 19.4.